The monoisotopic (exact) mass is 281 g/mol. The first kappa shape index (κ1) is 14.2. The second-order valence-electron chi connectivity index (χ2n) is 5.39. The van der Waals surface area contributed by atoms with E-state index in [0.717, 1.165) is 12.5 Å². The molecular formula is C14H13F2NO3. The van der Waals surface area contributed by atoms with E-state index in [-0.39, 0.29) is 16.9 Å². The Morgan fingerprint density at radius 3 is 2.45 bits per heavy atom. The van der Waals surface area contributed by atoms with Gasteiger partial charge < -0.3 is 9.52 Å². The maximum atomic E-state index is 14.4. The van der Waals surface area contributed by atoms with Gasteiger partial charge in [0.25, 0.3) is 0 Å². The Labute approximate surface area is 114 Å². The number of rotatable bonds is 2. The highest BCUT2D eigenvalue weighted by Gasteiger charge is 2.31. The molecule has 0 spiro atoms. The molecule has 20 heavy (non-hydrogen) atoms. The van der Waals surface area contributed by atoms with Crippen LogP contribution in [0.2, 0.25) is 0 Å². The van der Waals surface area contributed by atoms with Gasteiger partial charge in [-0.25, -0.2) is 18.6 Å². The first-order valence-electron chi connectivity index (χ1n) is 5.88. The average Bonchev–Trinajstić information content (AvgIpc) is 2.78. The zero-order valence-electron chi connectivity index (χ0n) is 11.2. The Kier molecular flexibility index (Phi) is 3.33. The second-order valence-corrected chi connectivity index (χ2v) is 5.39. The molecule has 0 atom stereocenters. The summed E-state index contributed by atoms with van der Waals surface area (Å²) < 4.78 is 33.4. The number of halogens is 2. The molecule has 0 aliphatic heterocycles. The lowest BCUT2D eigenvalue weighted by Crippen LogP contribution is -2.19. The van der Waals surface area contributed by atoms with Crippen molar-refractivity contribution in [1.82, 2.24) is 4.98 Å². The van der Waals surface area contributed by atoms with Gasteiger partial charge in [0, 0.05) is 11.1 Å². The Morgan fingerprint density at radius 1 is 1.35 bits per heavy atom. The number of nitrogens with zero attached hydrogens (tertiary/aromatic N) is 1. The van der Waals surface area contributed by atoms with Gasteiger partial charge in [0.1, 0.15) is 17.2 Å². The van der Waals surface area contributed by atoms with Crippen molar-refractivity contribution in [1.29, 1.82) is 0 Å². The van der Waals surface area contributed by atoms with E-state index in [9.17, 15) is 13.6 Å². The van der Waals surface area contributed by atoms with Crippen molar-refractivity contribution in [2.45, 2.75) is 26.2 Å². The van der Waals surface area contributed by atoms with E-state index >= 15 is 0 Å². The van der Waals surface area contributed by atoms with Gasteiger partial charge in [-0.3, -0.25) is 0 Å². The SMILES string of the molecule is CC(C)(C)c1c(-c2cnco2)cc(F)c(C(=O)O)c1F. The summed E-state index contributed by atoms with van der Waals surface area (Å²) in [5.74, 6) is -3.69. The van der Waals surface area contributed by atoms with Gasteiger partial charge in [-0.1, -0.05) is 20.8 Å². The third kappa shape index (κ3) is 2.29. The number of oxazole rings is 1. The summed E-state index contributed by atoms with van der Waals surface area (Å²) in [7, 11) is 0. The lowest BCUT2D eigenvalue weighted by molar-refractivity contribution is 0.0686. The smallest absolute Gasteiger partial charge is 0.341 e. The Balaban J connectivity index is 2.86. The molecule has 1 aromatic heterocycles. The van der Waals surface area contributed by atoms with Gasteiger partial charge in [-0.2, -0.15) is 0 Å². The predicted molar refractivity (Wildman–Crippen MR) is 67.5 cm³/mol. The molecule has 0 amide bonds. The van der Waals surface area contributed by atoms with Gasteiger partial charge in [0.2, 0.25) is 0 Å². The van der Waals surface area contributed by atoms with Crippen LogP contribution in [0.1, 0.15) is 36.7 Å². The molecular weight excluding hydrogens is 268 g/mol. The highest BCUT2D eigenvalue weighted by atomic mass is 19.1. The van der Waals surface area contributed by atoms with Crippen molar-refractivity contribution in [2.75, 3.05) is 0 Å². The highest BCUT2D eigenvalue weighted by molar-refractivity contribution is 5.90. The fourth-order valence-corrected chi connectivity index (χ4v) is 2.09. The van der Waals surface area contributed by atoms with E-state index in [1.807, 2.05) is 0 Å². The van der Waals surface area contributed by atoms with Crippen LogP contribution < -0.4 is 0 Å². The zero-order chi connectivity index (χ0) is 15.1. The Hall–Kier alpha value is -2.24. The summed E-state index contributed by atoms with van der Waals surface area (Å²) in [6.45, 7) is 5.11. The molecule has 0 bridgehead atoms. The van der Waals surface area contributed by atoms with Crippen LogP contribution in [-0.2, 0) is 5.41 Å². The molecule has 4 nitrogen and oxygen atoms in total. The normalized spacial score (nSPS) is 11.7. The van der Waals surface area contributed by atoms with Crippen LogP contribution in [0.4, 0.5) is 8.78 Å². The number of benzene rings is 1. The molecule has 2 aromatic rings. The van der Waals surface area contributed by atoms with E-state index in [1.54, 1.807) is 20.8 Å². The Bertz CT molecular complexity index is 658. The fraction of sp³-hybridized carbons (Fsp3) is 0.286. The quantitative estimate of drug-likeness (QED) is 0.913. The third-order valence-electron chi connectivity index (χ3n) is 2.88. The van der Waals surface area contributed by atoms with Crippen LogP contribution in [0.25, 0.3) is 11.3 Å². The standard InChI is InChI=1S/C14H13F2NO3/c1-14(2,3)11-7(9-5-17-6-20-9)4-8(15)10(12(11)16)13(18)19/h4-6H,1-3H3,(H,18,19). The number of hydrogen-bond donors (Lipinski definition) is 1. The first-order chi connectivity index (χ1) is 9.23. The number of aromatic carboxylic acids is 1. The van der Waals surface area contributed by atoms with E-state index < -0.39 is 28.6 Å². The molecule has 0 radical (unpaired) electrons. The van der Waals surface area contributed by atoms with Gasteiger partial charge in [-0.05, 0) is 11.5 Å². The summed E-state index contributed by atoms with van der Waals surface area (Å²) in [4.78, 5) is 14.7. The van der Waals surface area contributed by atoms with Gasteiger partial charge in [-0.15, -0.1) is 0 Å². The summed E-state index contributed by atoms with van der Waals surface area (Å²) in [5, 5.41) is 8.94. The lowest BCUT2D eigenvalue weighted by Gasteiger charge is -2.23. The van der Waals surface area contributed by atoms with Crippen molar-refractivity contribution in [3.8, 4) is 11.3 Å². The minimum absolute atomic E-state index is 0.0769. The van der Waals surface area contributed by atoms with Crippen LogP contribution in [0, 0.1) is 11.6 Å². The highest BCUT2D eigenvalue weighted by Crippen LogP contribution is 2.37. The van der Waals surface area contributed by atoms with Gasteiger partial charge in [0.05, 0.1) is 6.20 Å². The lowest BCUT2D eigenvalue weighted by atomic mass is 9.81. The van der Waals surface area contributed by atoms with Crippen molar-refractivity contribution < 1.29 is 23.1 Å². The van der Waals surface area contributed by atoms with Crippen molar-refractivity contribution in [3.05, 3.63) is 41.4 Å². The van der Waals surface area contributed by atoms with Crippen LogP contribution in [-0.4, -0.2) is 16.1 Å². The molecule has 6 heteroatoms. The van der Waals surface area contributed by atoms with E-state index in [4.69, 9.17) is 9.52 Å². The van der Waals surface area contributed by atoms with Crippen LogP contribution >= 0.6 is 0 Å². The van der Waals surface area contributed by atoms with Crippen LogP contribution in [0.15, 0.2) is 23.1 Å². The second kappa shape index (κ2) is 4.70. The number of aromatic nitrogens is 1. The topological polar surface area (TPSA) is 63.3 Å². The van der Waals surface area contributed by atoms with Gasteiger partial charge >= 0.3 is 5.97 Å². The van der Waals surface area contributed by atoms with Crippen LogP contribution in [0.5, 0.6) is 0 Å². The molecule has 0 saturated heterocycles. The maximum Gasteiger partial charge on any atom is 0.341 e. The molecule has 0 fully saturated rings. The molecule has 106 valence electrons. The molecule has 1 heterocycles. The summed E-state index contributed by atoms with van der Waals surface area (Å²) >= 11 is 0. The summed E-state index contributed by atoms with van der Waals surface area (Å²) in [6, 6.07) is 0.966. The van der Waals surface area contributed by atoms with E-state index in [1.165, 1.54) is 6.20 Å². The molecule has 2 rings (SSSR count). The average molecular weight is 281 g/mol. The molecule has 0 unspecified atom stereocenters. The van der Waals surface area contributed by atoms with E-state index in [0.29, 0.717) is 0 Å². The fourth-order valence-electron chi connectivity index (χ4n) is 2.09. The Morgan fingerprint density at radius 2 is 2.00 bits per heavy atom. The van der Waals surface area contributed by atoms with Crippen molar-refractivity contribution in [2.24, 2.45) is 0 Å². The molecule has 0 aliphatic carbocycles. The zero-order valence-corrected chi connectivity index (χ0v) is 11.2. The molecule has 0 saturated carbocycles. The third-order valence-corrected chi connectivity index (χ3v) is 2.88. The molecule has 1 aromatic carbocycles. The number of carboxylic acids is 1. The minimum Gasteiger partial charge on any atom is -0.477 e. The number of carboxylic acid groups (broad SMARTS) is 1. The van der Waals surface area contributed by atoms with Crippen molar-refractivity contribution in [3.63, 3.8) is 0 Å². The first-order valence-corrected chi connectivity index (χ1v) is 5.88. The van der Waals surface area contributed by atoms with E-state index in [2.05, 4.69) is 4.98 Å². The summed E-state index contributed by atoms with van der Waals surface area (Å²) in [6.07, 6.45) is 2.46. The number of carbonyl (C=O) groups is 1. The molecule has 0 aliphatic rings. The maximum absolute atomic E-state index is 14.4. The number of hydrogen-bond acceptors (Lipinski definition) is 3. The predicted octanol–water partition coefficient (Wildman–Crippen LogP) is 3.62. The van der Waals surface area contributed by atoms with Crippen LogP contribution in [0.3, 0.4) is 0 Å². The van der Waals surface area contributed by atoms with Crippen molar-refractivity contribution >= 4 is 5.97 Å². The molecule has 1 N–H and O–H groups in total. The summed E-state index contributed by atoms with van der Waals surface area (Å²) in [5.41, 5.74) is -1.45. The largest absolute Gasteiger partial charge is 0.477 e. The minimum atomic E-state index is -1.64. The van der Waals surface area contributed by atoms with Gasteiger partial charge in [0.15, 0.2) is 12.2 Å².